The summed E-state index contributed by atoms with van der Waals surface area (Å²) in [5.74, 6) is 0.689. The first-order valence-electron chi connectivity index (χ1n) is 11.9. The summed E-state index contributed by atoms with van der Waals surface area (Å²) >= 11 is 0. The lowest BCUT2D eigenvalue weighted by Gasteiger charge is -2.45. The molecule has 6 rings (SSSR count). The van der Waals surface area contributed by atoms with Crippen LogP contribution in [0.1, 0.15) is 44.7 Å². The van der Waals surface area contributed by atoms with Gasteiger partial charge in [0, 0.05) is 60.8 Å². The van der Waals surface area contributed by atoms with Crippen LogP contribution in [0, 0.1) is 23.2 Å². The summed E-state index contributed by atoms with van der Waals surface area (Å²) in [6, 6.07) is 5.59. The number of fused-ring (bicyclic) bond motifs is 7. The molecular formula is C26H30N2O4. The molecule has 168 valence electrons. The molecule has 6 nitrogen and oxygen atoms in total. The van der Waals surface area contributed by atoms with Gasteiger partial charge in [-0.2, -0.15) is 0 Å². The first-order valence-corrected chi connectivity index (χ1v) is 11.9. The zero-order valence-corrected chi connectivity index (χ0v) is 18.8. The van der Waals surface area contributed by atoms with Crippen LogP contribution in [0.15, 0.2) is 46.3 Å². The molecule has 5 aliphatic rings. The van der Waals surface area contributed by atoms with E-state index in [1.165, 1.54) is 0 Å². The first-order chi connectivity index (χ1) is 15.3. The molecule has 3 fully saturated rings. The van der Waals surface area contributed by atoms with Crippen LogP contribution >= 0.6 is 0 Å². The van der Waals surface area contributed by atoms with Crippen molar-refractivity contribution < 1.29 is 14.3 Å². The van der Waals surface area contributed by atoms with Gasteiger partial charge in [-0.25, -0.2) is 0 Å². The summed E-state index contributed by atoms with van der Waals surface area (Å²) in [5.41, 5.74) is 2.83. The van der Waals surface area contributed by atoms with E-state index in [2.05, 4.69) is 17.9 Å². The zero-order valence-electron chi connectivity index (χ0n) is 18.8. The number of nitrogens with zero attached hydrogens (tertiary/aromatic N) is 2. The number of aromatic nitrogens is 1. The van der Waals surface area contributed by atoms with E-state index in [1.54, 1.807) is 12.1 Å². The summed E-state index contributed by atoms with van der Waals surface area (Å²) in [6.45, 7) is 7.31. The molecule has 0 amide bonds. The number of likely N-dealkylation sites (tertiary alicyclic amines) is 1. The number of rotatable bonds is 2. The molecule has 1 aromatic heterocycles. The van der Waals surface area contributed by atoms with Gasteiger partial charge in [0.15, 0.2) is 5.78 Å². The van der Waals surface area contributed by atoms with Crippen molar-refractivity contribution in [3.63, 3.8) is 0 Å². The number of carbonyl (C=O) groups excluding carboxylic acids is 2. The van der Waals surface area contributed by atoms with E-state index in [1.807, 2.05) is 23.6 Å². The van der Waals surface area contributed by atoms with Crippen LogP contribution in [0.3, 0.4) is 0 Å². The minimum absolute atomic E-state index is 0.0374. The quantitative estimate of drug-likeness (QED) is 0.670. The van der Waals surface area contributed by atoms with Crippen LogP contribution in [-0.4, -0.2) is 47.0 Å². The fourth-order valence-electron chi connectivity index (χ4n) is 7.20. The molecular weight excluding hydrogens is 404 g/mol. The highest BCUT2D eigenvalue weighted by Gasteiger charge is 2.54. The maximum absolute atomic E-state index is 13.1. The number of carbonyl (C=O) groups is 2. The lowest BCUT2D eigenvalue weighted by molar-refractivity contribution is -0.144. The molecule has 4 heterocycles. The maximum atomic E-state index is 13.1. The Morgan fingerprint density at radius 3 is 2.84 bits per heavy atom. The number of pyridine rings is 1. The number of hydrogen-bond acceptors (Lipinski definition) is 5. The second-order valence-corrected chi connectivity index (χ2v) is 10.7. The van der Waals surface area contributed by atoms with Crippen LogP contribution in [0.4, 0.5) is 0 Å². The number of allylic oxidation sites excluding steroid dienone is 3. The van der Waals surface area contributed by atoms with E-state index in [9.17, 15) is 14.4 Å². The Morgan fingerprint density at radius 2 is 2.00 bits per heavy atom. The molecule has 3 aliphatic heterocycles. The van der Waals surface area contributed by atoms with Crippen molar-refractivity contribution in [3.05, 3.63) is 57.5 Å². The van der Waals surface area contributed by atoms with Crippen LogP contribution in [0.2, 0.25) is 0 Å². The lowest BCUT2D eigenvalue weighted by atomic mass is 9.61. The van der Waals surface area contributed by atoms with E-state index < -0.39 is 0 Å². The Bertz CT molecular complexity index is 1130. The highest BCUT2D eigenvalue weighted by atomic mass is 16.6. The van der Waals surface area contributed by atoms with Gasteiger partial charge < -0.3 is 14.2 Å². The molecule has 0 radical (unpaired) electrons. The number of esters is 1. The molecule has 6 heteroatoms. The highest BCUT2D eigenvalue weighted by Crippen LogP contribution is 2.53. The van der Waals surface area contributed by atoms with Crippen molar-refractivity contribution in [1.29, 1.82) is 0 Å². The van der Waals surface area contributed by atoms with Crippen molar-refractivity contribution in [2.24, 2.45) is 23.2 Å². The monoisotopic (exact) mass is 434 g/mol. The maximum Gasteiger partial charge on any atom is 0.311 e. The largest absolute Gasteiger partial charge is 0.457 e. The zero-order chi connectivity index (χ0) is 22.2. The number of piperidine rings is 1. The second kappa shape index (κ2) is 7.01. The molecule has 0 aromatic carbocycles. The smallest absolute Gasteiger partial charge is 0.311 e. The van der Waals surface area contributed by atoms with Gasteiger partial charge in [0.05, 0.1) is 5.92 Å². The Morgan fingerprint density at radius 1 is 1.16 bits per heavy atom. The van der Waals surface area contributed by atoms with Crippen LogP contribution in [-0.2, 0) is 20.9 Å². The van der Waals surface area contributed by atoms with Gasteiger partial charge in [-0.05, 0) is 49.8 Å². The predicted octanol–water partition coefficient (Wildman–Crippen LogP) is 2.68. The molecule has 32 heavy (non-hydrogen) atoms. The van der Waals surface area contributed by atoms with E-state index in [0.29, 0.717) is 18.4 Å². The van der Waals surface area contributed by atoms with Gasteiger partial charge in [0.1, 0.15) is 6.10 Å². The summed E-state index contributed by atoms with van der Waals surface area (Å²) in [6.07, 6.45) is 6.41. The number of hydrogen-bond donors (Lipinski definition) is 0. The molecule has 1 aromatic rings. The molecule has 0 spiro atoms. The van der Waals surface area contributed by atoms with E-state index in [-0.39, 0.29) is 40.7 Å². The minimum atomic E-state index is -0.274. The summed E-state index contributed by atoms with van der Waals surface area (Å²) in [7, 11) is 0. The Balaban J connectivity index is 1.24. The van der Waals surface area contributed by atoms with Gasteiger partial charge in [-0.1, -0.05) is 19.1 Å². The van der Waals surface area contributed by atoms with Crippen molar-refractivity contribution in [3.8, 4) is 0 Å². The third kappa shape index (κ3) is 2.92. The predicted molar refractivity (Wildman–Crippen MR) is 119 cm³/mol. The van der Waals surface area contributed by atoms with Gasteiger partial charge in [0.25, 0.3) is 5.56 Å². The van der Waals surface area contributed by atoms with E-state index in [4.69, 9.17) is 4.74 Å². The summed E-state index contributed by atoms with van der Waals surface area (Å²) < 4.78 is 7.93. The normalized spacial score (nSPS) is 38.2. The van der Waals surface area contributed by atoms with Gasteiger partial charge in [-0.15, -0.1) is 0 Å². The average Bonchev–Trinajstić information content (AvgIpc) is 3.06. The Hall–Kier alpha value is -2.47. The van der Waals surface area contributed by atoms with Gasteiger partial charge in [-0.3, -0.25) is 14.4 Å². The van der Waals surface area contributed by atoms with Gasteiger partial charge >= 0.3 is 5.97 Å². The Kier molecular flexibility index (Phi) is 4.42. The number of ether oxygens (including phenoxy) is 1. The summed E-state index contributed by atoms with van der Waals surface area (Å²) in [4.78, 5) is 40.2. The fraction of sp³-hybridized carbons (Fsp3) is 0.577. The van der Waals surface area contributed by atoms with Crippen LogP contribution in [0.5, 0.6) is 0 Å². The third-order valence-corrected chi connectivity index (χ3v) is 8.73. The fourth-order valence-corrected chi connectivity index (χ4v) is 7.20. The number of ketones is 1. The molecule has 2 saturated heterocycles. The Labute approximate surface area is 187 Å². The van der Waals surface area contributed by atoms with Crippen molar-refractivity contribution in [2.75, 3.05) is 19.6 Å². The molecule has 6 unspecified atom stereocenters. The first kappa shape index (κ1) is 20.2. The molecule has 6 atom stereocenters. The van der Waals surface area contributed by atoms with Crippen molar-refractivity contribution in [2.45, 2.75) is 51.7 Å². The lowest BCUT2D eigenvalue weighted by Crippen LogP contribution is -2.49. The van der Waals surface area contributed by atoms with E-state index in [0.717, 1.165) is 55.7 Å². The topological polar surface area (TPSA) is 68.6 Å². The van der Waals surface area contributed by atoms with Crippen LogP contribution in [0.25, 0.3) is 0 Å². The highest BCUT2D eigenvalue weighted by molar-refractivity contribution is 6.05. The van der Waals surface area contributed by atoms with Crippen molar-refractivity contribution >= 4 is 11.8 Å². The molecule has 2 aliphatic carbocycles. The van der Waals surface area contributed by atoms with Gasteiger partial charge in [0.2, 0.25) is 0 Å². The minimum Gasteiger partial charge on any atom is -0.457 e. The SMILES string of the molecule is CC1=C2C3OC(=O)C(CN4CC5CC(C4)c4cccc(=O)n4C5)C3CCC2(C)C=CC1=O. The molecule has 2 bridgehead atoms. The molecule has 1 saturated carbocycles. The van der Waals surface area contributed by atoms with Crippen LogP contribution < -0.4 is 5.56 Å². The summed E-state index contributed by atoms with van der Waals surface area (Å²) in [5, 5.41) is 0. The van der Waals surface area contributed by atoms with Crippen molar-refractivity contribution in [1.82, 2.24) is 9.47 Å². The third-order valence-electron chi connectivity index (χ3n) is 8.73. The van der Waals surface area contributed by atoms with E-state index >= 15 is 0 Å². The average molecular weight is 435 g/mol. The standard InChI is InChI=1S/C26H30N2O4/c1-15-21(29)7-9-26(2)8-6-18-19(25(31)32-24(18)23(15)26)14-27-11-16-10-17(13-27)20-4-3-5-22(30)28(20)12-16/h3-5,7,9,16-19,24H,6,8,10-14H2,1-2H3. The molecule has 0 N–H and O–H groups in total. The second-order valence-electron chi connectivity index (χ2n) is 10.7.